The Morgan fingerprint density at radius 2 is 2.22 bits per heavy atom. The van der Waals surface area contributed by atoms with Gasteiger partial charge in [0.15, 0.2) is 0 Å². The Bertz CT molecular complexity index is 507. The predicted octanol–water partition coefficient (Wildman–Crippen LogP) is 1.04. The molecule has 1 aromatic rings. The highest BCUT2D eigenvalue weighted by atomic mass is 35.5. The number of anilines is 1. The Kier molecular flexibility index (Phi) is 5.33. The highest BCUT2D eigenvalue weighted by Gasteiger charge is 2.21. The van der Waals surface area contributed by atoms with Crippen molar-refractivity contribution >= 4 is 27.4 Å². The number of halogens is 1. The molecule has 0 radical (unpaired) electrons. The van der Waals surface area contributed by atoms with E-state index in [1.54, 1.807) is 7.05 Å². The maximum atomic E-state index is 12.1. The lowest BCUT2D eigenvalue weighted by atomic mass is 10.4. The molecule has 1 heterocycles. The van der Waals surface area contributed by atoms with E-state index in [0.717, 1.165) is 0 Å². The molecular weight excluding hydrogens is 278 g/mol. The molecule has 0 saturated heterocycles. The lowest BCUT2D eigenvalue weighted by Gasteiger charge is -2.16. The zero-order valence-corrected chi connectivity index (χ0v) is 12.0. The largest absolute Gasteiger partial charge is 0.383 e. The molecule has 0 saturated carbocycles. The molecule has 0 amide bonds. The van der Waals surface area contributed by atoms with Gasteiger partial charge in [-0.15, -0.1) is 0 Å². The van der Waals surface area contributed by atoms with Crippen LogP contribution < -0.4 is 5.32 Å². The molecule has 0 unspecified atom stereocenters. The summed E-state index contributed by atoms with van der Waals surface area (Å²) in [6.45, 7) is 0.593. The van der Waals surface area contributed by atoms with E-state index in [9.17, 15) is 8.42 Å². The van der Waals surface area contributed by atoms with Gasteiger partial charge in [-0.2, -0.15) is 4.31 Å². The number of hydrogen-bond acceptors (Lipinski definition) is 5. The minimum atomic E-state index is -3.58. The van der Waals surface area contributed by atoms with Gasteiger partial charge in [-0.1, -0.05) is 11.6 Å². The highest BCUT2D eigenvalue weighted by molar-refractivity contribution is 7.89. The smallest absolute Gasteiger partial charge is 0.244 e. The van der Waals surface area contributed by atoms with Crippen LogP contribution in [0.1, 0.15) is 0 Å². The van der Waals surface area contributed by atoms with E-state index in [1.165, 1.54) is 30.7 Å². The molecule has 102 valence electrons. The topological polar surface area (TPSA) is 71.5 Å². The van der Waals surface area contributed by atoms with Gasteiger partial charge in [0.1, 0.15) is 10.7 Å². The monoisotopic (exact) mass is 293 g/mol. The SMILES string of the molecule is CNc1ncc(S(=O)(=O)N(C)CCOC)cc1Cl. The summed E-state index contributed by atoms with van der Waals surface area (Å²) in [5, 5.41) is 3.03. The molecule has 0 aliphatic carbocycles. The summed E-state index contributed by atoms with van der Waals surface area (Å²) in [6, 6.07) is 1.37. The Morgan fingerprint density at radius 1 is 1.56 bits per heavy atom. The maximum absolute atomic E-state index is 12.1. The number of methoxy groups -OCH3 is 1. The molecule has 1 rings (SSSR count). The first-order valence-corrected chi connectivity index (χ1v) is 7.04. The second kappa shape index (κ2) is 6.33. The normalized spacial score (nSPS) is 11.8. The summed E-state index contributed by atoms with van der Waals surface area (Å²) in [5.41, 5.74) is 0. The second-order valence-electron chi connectivity index (χ2n) is 3.57. The van der Waals surface area contributed by atoms with Gasteiger partial charge >= 0.3 is 0 Å². The fourth-order valence-corrected chi connectivity index (χ4v) is 2.72. The first-order valence-electron chi connectivity index (χ1n) is 5.22. The number of sulfonamides is 1. The molecule has 1 aromatic heterocycles. The Hall–Kier alpha value is -0.890. The van der Waals surface area contributed by atoms with Crippen LogP contribution in [0.15, 0.2) is 17.2 Å². The molecule has 0 aromatic carbocycles. The van der Waals surface area contributed by atoms with Crippen LogP contribution in [0.3, 0.4) is 0 Å². The van der Waals surface area contributed by atoms with E-state index in [2.05, 4.69) is 10.3 Å². The van der Waals surface area contributed by atoms with Crippen molar-refractivity contribution < 1.29 is 13.2 Å². The molecule has 18 heavy (non-hydrogen) atoms. The van der Waals surface area contributed by atoms with Gasteiger partial charge in [0.05, 0.1) is 11.6 Å². The summed E-state index contributed by atoms with van der Waals surface area (Å²) in [4.78, 5) is 4.01. The molecule has 0 spiro atoms. The fourth-order valence-electron chi connectivity index (χ4n) is 1.27. The average Bonchev–Trinajstić information content (AvgIpc) is 2.35. The third-order valence-corrected chi connectivity index (χ3v) is 4.48. The Labute approximate surface area is 112 Å². The standard InChI is InChI=1S/C10H16ClN3O3S/c1-12-10-9(11)6-8(7-13-10)18(15,16)14(2)4-5-17-3/h6-7H,4-5H2,1-3H3,(H,12,13). The average molecular weight is 294 g/mol. The van der Waals surface area contributed by atoms with Crippen molar-refractivity contribution in [2.45, 2.75) is 4.90 Å². The molecule has 0 bridgehead atoms. The highest BCUT2D eigenvalue weighted by Crippen LogP contribution is 2.23. The van der Waals surface area contributed by atoms with Crippen molar-refractivity contribution in [2.24, 2.45) is 0 Å². The van der Waals surface area contributed by atoms with Crippen molar-refractivity contribution in [1.29, 1.82) is 0 Å². The number of hydrogen-bond donors (Lipinski definition) is 1. The van der Waals surface area contributed by atoms with Crippen LogP contribution in [0, 0.1) is 0 Å². The van der Waals surface area contributed by atoms with Crippen LogP contribution in [0.2, 0.25) is 5.02 Å². The minimum Gasteiger partial charge on any atom is -0.383 e. The quantitative estimate of drug-likeness (QED) is 0.849. The number of aromatic nitrogens is 1. The van der Waals surface area contributed by atoms with E-state index in [-0.39, 0.29) is 16.5 Å². The molecule has 0 aliphatic rings. The van der Waals surface area contributed by atoms with E-state index < -0.39 is 10.0 Å². The molecule has 1 N–H and O–H groups in total. The third-order valence-electron chi connectivity index (χ3n) is 2.37. The number of nitrogens with zero attached hydrogens (tertiary/aromatic N) is 2. The summed E-state index contributed by atoms with van der Waals surface area (Å²) in [7, 11) is 1.07. The first-order chi connectivity index (χ1) is 8.43. The van der Waals surface area contributed by atoms with Crippen molar-refractivity contribution in [3.63, 3.8) is 0 Å². The summed E-state index contributed by atoms with van der Waals surface area (Å²) in [6.07, 6.45) is 1.27. The van der Waals surface area contributed by atoms with Crippen LogP contribution >= 0.6 is 11.6 Å². The molecule has 8 heteroatoms. The predicted molar refractivity (Wildman–Crippen MR) is 70.5 cm³/mol. The van der Waals surface area contributed by atoms with Gasteiger partial charge in [0.25, 0.3) is 0 Å². The summed E-state index contributed by atoms with van der Waals surface area (Å²) in [5.74, 6) is 0.440. The van der Waals surface area contributed by atoms with Crippen LogP contribution in [0.4, 0.5) is 5.82 Å². The number of nitrogens with one attached hydrogen (secondary N) is 1. The Balaban J connectivity index is 3.01. The number of ether oxygens (including phenoxy) is 1. The van der Waals surface area contributed by atoms with E-state index in [1.807, 2.05) is 0 Å². The van der Waals surface area contributed by atoms with E-state index in [0.29, 0.717) is 12.4 Å². The van der Waals surface area contributed by atoms with Crippen LogP contribution in [0.5, 0.6) is 0 Å². The van der Waals surface area contributed by atoms with E-state index >= 15 is 0 Å². The first kappa shape index (κ1) is 15.2. The van der Waals surface area contributed by atoms with E-state index in [4.69, 9.17) is 16.3 Å². The van der Waals surface area contributed by atoms with Crippen LogP contribution in [-0.2, 0) is 14.8 Å². The second-order valence-corrected chi connectivity index (χ2v) is 6.02. The lowest BCUT2D eigenvalue weighted by molar-refractivity contribution is 0.185. The van der Waals surface area contributed by atoms with Gasteiger partial charge in [0.2, 0.25) is 10.0 Å². The number of pyridine rings is 1. The van der Waals surface area contributed by atoms with Gasteiger partial charge in [-0.3, -0.25) is 0 Å². The molecular formula is C10H16ClN3O3S. The van der Waals surface area contributed by atoms with Crippen LogP contribution in [-0.4, -0.2) is 52.1 Å². The summed E-state index contributed by atoms with van der Waals surface area (Å²) >= 11 is 5.91. The minimum absolute atomic E-state index is 0.0603. The van der Waals surface area contributed by atoms with Crippen molar-refractivity contribution in [2.75, 3.05) is 39.7 Å². The van der Waals surface area contributed by atoms with Gasteiger partial charge in [0, 0.05) is 33.9 Å². The lowest BCUT2D eigenvalue weighted by Crippen LogP contribution is -2.30. The molecule has 0 atom stereocenters. The number of likely N-dealkylation sites (N-methyl/N-ethyl adjacent to an activating group) is 1. The zero-order valence-electron chi connectivity index (χ0n) is 10.5. The molecule has 0 fully saturated rings. The summed E-state index contributed by atoms with van der Waals surface area (Å²) < 4.78 is 30.3. The van der Waals surface area contributed by atoms with Crippen LogP contribution in [0.25, 0.3) is 0 Å². The number of rotatable bonds is 6. The zero-order chi connectivity index (χ0) is 13.8. The van der Waals surface area contributed by atoms with Crippen molar-refractivity contribution in [3.8, 4) is 0 Å². The van der Waals surface area contributed by atoms with Crippen molar-refractivity contribution in [1.82, 2.24) is 9.29 Å². The Morgan fingerprint density at radius 3 is 2.72 bits per heavy atom. The van der Waals surface area contributed by atoms with Gasteiger partial charge in [-0.05, 0) is 6.07 Å². The van der Waals surface area contributed by atoms with Gasteiger partial charge in [-0.25, -0.2) is 13.4 Å². The molecule has 0 aliphatic heterocycles. The van der Waals surface area contributed by atoms with Crippen molar-refractivity contribution in [3.05, 3.63) is 17.3 Å². The van der Waals surface area contributed by atoms with Gasteiger partial charge < -0.3 is 10.1 Å². The third kappa shape index (κ3) is 3.32. The molecule has 6 nitrogen and oxygen atoms in total. The fraction of sp³-hybridized carbons (Fsp3) is 0.500. The maximum Gasteiger partial charge on any atom is 0.244 e.